The van der Waals surface area contributed by atoms with Crippen LogP contribution in [0.3, 0.4) is 0 Å². The van der Waals surface area contributed by atoms with Gasteiger partial charge < -0.3 is 15.0 Å². The number of carbonyl (C=O) groups is 1. The number of hydrogen-bond acceptors (Lipinski definition) is 3. The first-order valence-electron chi connectivity index (χ1n) is 8.50. The van der Waals surface area contributed by atoms with Crippen LogP contribution in [0.25, 0.3) is 0 Å². The van der Waals surface area contributed by atoms with Crippen molar-refractivity contribution in [2.75, 3.05) is 31.1 Å². The van der Waals surface area contributed by atoms with Gasteiger partial charge in [0.25, 0.3) is 0 Å². The van der Waals surface area contributed by atoms with Gasteiger partial charge in [-0.3, -0.25) is 4.79 Å². The molecule has 22 heavy (non-hydrogen) atoms. The molecule has 3 fully saturated rings. The van der Waals surface area contributed by atoms with E-state index in [2.05, 4.69) is 34.5 Å². The van der Waals surface area contributed by atoms with Crippen LogP contribution < -0.4 is 10.2 Å². The second kappa shape index (κ2) is 5.92. The van der Waals surface area contributed by atoms with Gasteiger partial charge in [-0.2, -0.15) is 0 Å². The predicted molar refractivity (Wildman–Crippen MR) is 85.7 cm³/mol. The Hall–Kier alpha value is -1.55. The number of anilines is 1. The first-order chi connectivity index (χ1) is 10.8. The summed E-state index contributed by atoms with van der Waals surface area (Å²) >= 11 is 0. The fourth-order valence-corrected chi connectivity index (χ4v) is 3.80. The molecule has 118 valence electrons. The first kappa shape index (κ1) is 14.1. The minimum Gasteiger partial charge on any atom is -0.376 e. The second-order valence-electron chi connectivity index (χ2n) is 6.90. The Morgan fingerprint density at radius 3 is 2.77 bits per heavy atom. The molecule has 4 nitrogen and oxygen atoms in total. The Morgan fingerprint density at radius 2 is 2.00 bits per heavy atom. The molecule has 1 N–H and O–H groups in total. The van der Waals surface area contributed by atoms with Crippen LogP contribution in [0.1, 0.15) is 19.3 Å². The average molecular weight is 300 g/mol. The maximum atomic E-state index is 12.7. The summed E-state index contributed by atoms with van der Waals surface area (Å²) in [7, 11) is 0. The summed E-state index contributed by atoms with van der Waals surface area (Å²) in [6.45, 7) is 3.37. The van der Waals surface area contributed by atoms with E-state index in [1.807, 2.05) is 6.07 Å². The minimum atomic E-state index is 0.0557. The molecule has 4 rings (SSSR count). The molecule has 0 spiro atoms. The van der Waals surface area contributed by atoms with Gasteiger partial charge >= 0.3 is 0 Å². The fraction of sp³-hybridized carbons (Fsp3) is 0.611. The van der Waals surface area contributed by atoms with Crippen LogP contribution in [0, 0.1) is 17.8 Å². The Morgan fingerprint density at radius 1 is 1.18 bits per heavy atom. The molecular weight excluding hydrogens is 276 g/mol. The van der Waals surface area contributed by atoms with E-state index in [1.54, 1.807) is 0 Å². The molecule has 0 unspecified atom stereocenters. The zero-order valence-electron chi connectivity index (χ0n) is 12.9. The van der Waals surface area contributed by atoms with Gasteiger partial charge in [-0.25, -0.2) is 0 Å². The molecule has 1 aromatic rings. The monoisotopic (exact) mass is 300 g/mol. The largest absolute Gasteiger partial charge is 0.376 e. The number of ether oxygens (including phenoxy) is 1. The summed E-state index contributed by atoms with van der Waals surface area (Å²) in [6.07, 6.45) is 3.77. The number of rotatable bonds is 4. The van der Waals surface area contributed by atoms with Gasteiger partial charge in [0, 0.05) is 37.8 Å². The van der Waals surface area contributed by atoms with Gasteiger partial charge in [0.05, 0.1) is 12.0 Å². The maximum Gasteiger partial charge on any atom is 0.225 e. The molecule has 1 saturated carbocycles. The van der Waals surface area contributed by atoms with E-state index in [0.717, 1.165) is 38.6 Å². The smallest absolute Gasteiger partial charge is 0.225 e. The molecule has 4 heteroatoms. The number of hydrogen-bond donors (Lipinski definition) is 1. The van der Waals surface area contributed by atoms with Crippen molar-refractivity contribution in [3.63, 3.8) is 0 Å². The predicted octanol–water partition coefficient (Wildman–Crippen LogP) is 2.05. The number of carbonyl (C=O) groups excluding carboxylic acids is 1. The SMILES string of the molecule is O=C(NCC1CC1)[C@@H]1CN(c2ccccc2)C[C@H]2OCC[C@H]21. The van der Waals surface area contributed by atoms with Crippen molar-refractivity contribution in [2.45, 2.75) is 25.4 Å². The summed E-state index contributed by atoms with van der Waals surface area (Å²) in [6, 6.07) is 10.4. The van der Waals surface area contributed by atoms with E-state index >= 15 is 0 Å². The number of amides is 1. The summed E-state index contributed by atoms with van der Waals surface area (Å²) in [5.74, 6) is 1.40. The molecule has 2 saturated heterocycles. The summed E-state index contributed by atoms with van der Waals surface area (Å²) in [5, 5.41) is 3.18. The normalized spacial score (nSPS) is 30.9. The summed E-state index contributed by atoms with van der Waals surface area (Å²) in [4.78, 5) is 15.0. The zero-order chi connectivity index (χ0) is 14.9. The van der Waals surface area contributed by atoms with Crippen molar-refractivity contribution in [2.24, 2.45) is 17.8 Å². The van der Waals surface area contributed by atoms with Crippen molar-refractivity contribution in [1.82, 2.24) is 5.32 Å². The summed E-state index contributed by atoms with van der Waals surface area (Å²) in [5.41, 5.74) is 1.19. The van der Waals surface area contributed by atoms with Gasteiger partial charge in [0.1, 0.15) is 0 Å². The Bertz CT molecular complexity index is 529. The number of fused-ring (bicyclic) bond motifs is 1. The molecule has 0 aromatic heterocycles. The van der Waals surface area contributed by atoms with Crippen LogP contribution >= 0.6 is 0 Å². The van der Waals surface area contributed by atoms with Crippen LogP contribution in [0.15, 0.2) is 30.3 Å². The van der Waals surface area contributed by atoms with Crippen LogP contribution in [-0.4, -0.2) is 38.3 Å². The molecular formula is C18H24N2O2. The number of nitrogens with zero attached hydrogens (tertiary/aromatic N) is 1. The third-order valence-corrected chi connectivity index (χ3v) is 5.31. The van der Waals surface area contributed by atoms with E-state index in [4.69, 9.17) is 4.74 Å². The quantitative estimate of drug-likeness (QED) is 0.925. The number of nitrogens with one attached hydrogen (secondary N) is 1. The molecule has 1 amide bonds. The lowest BCUT2D eigenvalue weighted by Gasteiger charge is -2.40. The Kier molecular flexibility index (Phi) is 3.78. The van der Waals surface area contributed by atoms with Crippen molar-refractivity contribution >= 4 is 11.6 Å². The topological polar surface area (TPSA) is 41.6 Å². The molecule has 3 aliphatic rings. The van der Waals surface area contributed by atoms with Gasteiger partial charge in [0.15, 0.2) is 0 Å². The van der Waals surface area contributed by atoms with E-state index in [9.17, 15) is 4.79 Å². The molecule has 2 heterocycles. The molecule has 0 radical (unpaired) electrons. The van der Waals surface area contributed by atoms with Crippen LogP contribution in [0.2, 0.25) is 0 Å². The standard InChI is InChI=1S/C18H24N2O2/c21-18(19-10-13-6-7-13)16-11-20(14-4-2-1-3-5-14)12-17-15(16)8-9-22-17/h1-5,13,15-17H,6-12H2,(H,19,21)/t15-,16+,17+/m0/s1. The molecule has 0 bridgehead atoms. The third kappa shape index (κ3) is 2.84. The van der Waals surface area contributed by atoms with Crippen LogP contribution in [0.4, 0.5) is 5.69 Å². The minimum absolute atomic E-state index is 0.0557. The van der Waals surface area contributed by atoms with Crippen LogP contribution in [-0.2, 0) is 9.53 Å². The van der Waals surface area contributed by atoms with Crippen molar-refractivity contribution in [1.29, 1.82) is 0 Å². The van der Waals surface area contributed by atoms with Gasteiger partial charge in [-0.15, -0.1) is 0 Å². The van der Waals surface area contributed by atoms with E-state index in [-0.39, 0.29) is 17.9 Å². The molecule has 1 aliphatic carbocycles. The van der Waals surface area contributed by atoms with E-state index in [1.165, 1.54) is 18.5 Å². The van der Waals surface area contributed by atoms with E-state index in [0.29, 0.717) is 5.92 Å². The lowest BCUT2D eigenvalue weighted by Crippen LogP contribution is -2.53. The molecule has 2 aliphatic heterocycles. The maximum absolute atomic E-state index is 12.7. The Labute approximate surface area is 131 Å². The first-order valence-corrected chi connectivity index (χ1v) is 8.50. The highest BCUT2D eigenvalue weighted by molar-refractivity contribution is 5.80. The number of piperidine rings is 1. The zero-order valence-corrected chi connectivity index (χ0v) is 12.9. The average Bonchev–Trinajstić information content (AvgIpc) is 3.27. The lowest BCUT2D eigenvalue weighted by molar-refractivity contribution is -0.127. The number of para-hydroxylation sites is 1. The van der Waals surface area contributed by atoms with E-state index < -0.39 is 0 Å². The number of benzene rings is 1. The lowest BCUT2D eigenvalue weighted by atomic mass is 9.82. The van der Waals surface area contributed by atoms with Crippen molar-refractivity contribution in [3.05, 3.63) is 30.3 Å². The second-order valence-corrected chi connectivity index (χ2v) is 6.90. The highest BCUT2D eigenvalue weighted by Gasteiger charge is 2.44. The highest BCUT2D eigenvalue weighted by Crippen LogP contribution is 2.36. The van der Waals surface area contributed by atoms with Gasteiger partial charge in [-0.05, 0) is 37.3 Å². The fourth-order valence-electron chi connectivity index (χ4n) is 3.80. The van der Waals surface area contributed by atoms with Crippen molar-refractivity contribution in [3.8, 4) is 0 Å². The van der Waals surface area contributed by atoms with Crippen LogP contribution in [0.5, 0.6) is 0 Å². The third-order valence-electron chi connectivity index (χ3n) is 5.31. The highest BCUT2D eigenvalue weighted by atomic mass is 16.5. The molecule has 1 aromatic carbocycles. The van der Waals surface area contributed by atoms with Gasteiger partial charge in [-0.1, -0.05) is 18.2 Å². The summed E-state index contributed by atoms with van der Waals surface area (Å²) < 4.78 is 5.91. The Balaban J connectivity index is 1.48. The molecule has 3 atom stereocenters. The van der Waals surface area contributed by atoms with Crippen molar-refractivity contribution < 1.29 is 9.53 Å². The van der Waals surface area contributed by atoms with Gasteiger partial charge in [0.2, 0.25) is 5.91 Å².